The summed E-state index contributed by atoms with van der Waals surface area (Å²) in [5.41, 5.74) is 2.19. The summed E-state index contributed by atoms with van der Waals surface area (Å²) < 4.78 is 1.96. The SMILES string of the molecule is CCNC(Cc1ccc(Br)cc1Cl)c1ccc(Br)cc1Cl. The van der Waals surface area contributed by atoms with E-state index in [1.54, 1.807) is 0 Å². The minimum absolute atomic E-state index is 0.134. The van der Waals surface area contributed by atoms with E-state index in [1.807, 2.05) is 36.4 Å². The lowest BCUT2D eigenvalue weighted by Crippen LogP contribution is -2.23. The van der Waals surface area contributed by atoms with Crippen molar-refractivity contribution in [2.24, 2.45) is 0 Å². The maximum atomic E-state index is 6.38. The lowest BCUT2D eigenvalue weighted by molar-refractivity contribution is 0.550. The molecule has 1 nitrogen and oxygen atoms in total. The molecule has 0 aliphatic heterocycles. The second-order valence-corrected chi connectivity index (χ2v) is 7.36. The number of likely N-dealkylation sites (N-methyl/N-ethyl adjacent to an activating group) is 1. The Bertz CT molecular complexity index is 632. The van der Waals surface area contributed by atoms with Gasteiger partial charge in [0.15, 0.2) is 0 Å². The molecule has 5 heteroatoms. The Morgan fingerprint density at radius 3 is 2.19 bits per heavy atom. The van der Waals surface area contributed by atoms with Crippen LogP contribution in [0, 0.1) is 0 Å². The lowest BCUT2D eigenvalue weighted by atomic mass is 9.98. The molecule has 0 aliphatic carbocycles. The second-order valence-electron chi connectivity index (χ2n) is 4.72. The molecule has 21 heavy (non-hydrogen) atoms. The van der Waals surface area contributed by atoms with Crippen molar-refractivity contribution in [2.45, 2.75) is 19.4 Å². The van der Waals surface area contributed by atoms with Crippen molar-refractivity contribution in [3.05, 3.63) is 66.5 Å². The molecule has 1 atom stereocenters. The van der Waals surface area contributed by atoms with Gasteiger partial charge in [-0.15, -0.1) is 0 Å². The van der Waals surface area contributed by atoms with Crippen molar-refractivity contribution in [2.75, 3.05) is 6.54 Å². The maximum absolute atomic E-state index is 6.38. The molecule has 0 amide bonds. The molecule has 0 spiro atoms. The Kier molecular flexibility index (Phi) is 6.57. The van der Waals surface area contributed by atoms with Crippen molar-refractivity contribution >= 4 is 55.1 Å². The van der Waals surface area contributed by atoms with Gasteiger partial charge in [-0.3, -0.25) is 0 Å². The molecular weight excluding hydrogens is 437 g/mol. The predicted octanol–water partition coefficient (Wildman–Crippen LogP) is 6.41. The molecule has 0 aromatic heterocycles. The van der Waals surface area contributed by atoms with Crippen LogP contribution in [0.15, 0.2) is 45.3 Å². The van der Waals surface area contributed by atoms with E-state index < -0.39 is 0 Å². The molecule has 1 unspecified atom stereocenters. The Morgan fingerprint density at radius 2 is 1.62 bits per heavy atom. The fraction of sp³-hybridized carbons (Fsp3) is 0.250. The van der Waals surface area contributed by atoms with Gasteiger partial charge in [0.25, 0.3) is 0 Å². The summed E-state index contributed by atoms with van der Waals surface area (Å²) in [4.78, 5) is 0. The highest BCUT2D eigenvalue weighted by Crippen LogP contribution is 2.31. The molecule has 0 saturated heterocycles. The number of halogens is 4. The van der Waals surface area contributed by atoms with Gasteiger partial charge in [-0.2, -0.15) is 0 Å². The number of nitrogens with one attached hydrogen (secondary N) is 1. The highest BCUT2D eigenvalue weighted by Gasteiger charge is 2.16. The third-order valence-electron chi connectivity index (χ3n) is 3.23. The van der Waals surface area contributed by atoms with Crippen LogP contribution < -0.4 is 5.32 Å². The highest BCUT2D eigenvalue weighted by molar-refractivity contribution is 9.10. The van der Waals surface area contributed by atoms with Crippen LogP contribution in [0.4, 0.5) is 0 Å². The van der Waals surface area contributed by atoms with E-state index in [4.69, 9.17) is 23.2 Å². The van der Waals surface area contributed by atoms with Crippen molar-refractivity contribution in [1.82, 2.24) is 5.32 Å². The molecule has 0 heterocycles. The van der Waals surface area contributed by atoms with Gasteiger partial charge in [0, 0.05) is 25.0 Å². The molecular formula is C16H15Br2Cl2N. The summed E-state index contributed by atoms with van der Waals surface area (Å²) >= 11 is 19.6. The average molecular weight is 452 g/mol. The zero-order valence-electron chi connectivity index (χ0n) is 11.5. The van der Waals surface area contributed by atoms with Crippen molar-refractivity contribution < 1.29 is 0 Å². The van der Waals surface area contributed by atoms with Gasteiger partial charge in [-0.05, 0) is 48.4 Å². The third kappa shape index (κ3) is 4.70. The number of rotatable bonds is 5. The summed E-state index contributed by atoms with van der Waals surface area (Å²) in [5.74, 6) is 0. The van der Waals surface area contributed by atoms with Gasteiger partial charge in [-0.1, -0.05) is 74.1 Å². The Hall–Kier alpha value is -0.0600. The van der Waals surface area contributed by atoms with Gasteiger partial charge in [0.05, 0.1) is 0 Å². The summed E-state index contributed by atoms with van der Waals surface area (Å²) in [5, 5.41) is 5.00. The van der Waals surface area contributed by atoms with Crippen LogP contribution in [0.2, 0.25) is 10.0 Å². The molecule has 2 aromatic carbocycles. The first-order valence-corrected chi connectivity index (χ1v) is 8.97. The standard InChI is InChI=1S/C16H15Br2Cl2N/c1-2-21-16(13-6-5-12(18)9-15(13)20)7-10-3-4-11(17)8-14(10)19/h3-6,8-9,16,21H,2,7H2,1H3. The van der Waals surface area contributed by atoms with Crippen LogP contribution in [0.1, 0.15) is 24.1 Å². The quantitative estimate of drug-likeness (QED) is 0.553. The van der Waals surface area contributed by atoms with E-state index in [-0.39, 0.29) is 6.04 Å². The smallest absolute Gasteiger partial charge is 0.0465 e. The molecule has 2 rings (SSSR count). The zero-order valence-corrected chi connectivity index (χ0v) is 16.2. The van der Waals surface area contributed by atoms with E-state index >= 15 is 0 Å². The predicted molar refractivity (Wildman–Crippen MR) is 98.4 cm³/mol. The van der Waals surface area contributed by atoms with E-state index in [0.717, 1.165) is 43.1 Å². The summed E-state index contributed by atoms with van der Waals surface area (Å²) in [6.45, 7) is 2.95. The summed E-state index contributed by atoms with van der Waals surface area (Å²) in [6.07, 6.45) is 0.793. The zero-order chi connectivity index (χ0) is 15.4. The van der Waals surface area contributed by atoms with Gasteiger partial charge in [0.2, 0.25) is 0 Å². The van der Waals surface area contributed by atoms with Gasteiger partial charge in [-0.25, -0.2) is 0 Å². The monoisotopic (exact) mass is 449 g/mol. The molecule has 0 fully saturated rings. The van der Waals surface area contributed by atoms with Crippen LogP contribution in [0.3, 0.4) is 0 Å². The highest BCUT2D eigenvalue weighted by atomic mass is 79.9. The Morgan fingerprint density at radius 1 is 1.00 bits per heavy atom. The van der Waals surface area contributed by atoms with Gasteiger partial charge < -0.3 is 5.32 Å². The van der Waals surface area contributed by atoms with Crippen LogP contribution >= 0.6 is 55.1 Å². The molecule has 0 bridgehead atoms. The van der Waals surface area contributed by atoms with E-state index in [1.165, 1.54) is 0 Å². The van der Waals surface area contributed by atoms with E-state index in [2.05, 4.69) is 44.1 Å². The molecule has 0 aliphatic rings. The van der Waals surface area contributed by atoms with E-state index in [0.29, 0.717) is 0 Å². The Balaban J connectivity index is 2.30. The van der Waals surface area contributed by atoms with Crippen molar-refractivity contribution in [3.8, 4) is 0 Å². The summed E-state index contributed by atoms with van der Waals surface area (Å²) in [6, 6.07) is 12.1. The molecule has 0 saturated carbocycles. The molecule has 1 N–H and O–H groups in total. The van der Waals surface area contributed by atoms with Crippen molar-refractivity contribution in [3.63, 3.8) is 0 Å². The lowest BCUT2D eigenvalue weighted by Gasteiger charge is -2.20. The second kappa shape index (κ2) is 7.98. The van der Waals surface area contributed by atoms with Crippen LogP contribution in [0.5, 0.6) is 0 Å². The first kappa shape index (κ1) is 17.3. The minimum Gasteiger partial charge on any atom is -0.310 e. The number of benzene rings is 2. The van der Waals surface area contributed by atoms with Crippen LogP contribution in [0.25, 0.3) is 0 Å². The maximum Gasteiger partial charge on any atom is 0.0465 e. The van der Waals surface area contributed by atoms with Gasteiger partial charge >= 0.3 is 0 Å². The fourth-order valence-corrected chi connectivity index (χ4v) is 3.79. The minimum atomic E-state index is 0.134. The molecule has 2 aromatic rings. The normalized spacial score (nSPS) is 12.4. The van der Waals surface area contributed by atoms with E-state index in [9.17, 15) is 0 Å². The first-order chi connectivity index (χ1) is 10.0. The molecule has 112 valence electrons. The fourth-order valence-electron chi connectivity index (χ4n) is 2.23. The number of hydrogen-bond acceptors (Lipinski definition) is 1. The summed E-state index contributed by atoms with van der Waals surface area (Å²) in [7, 11) is 0. The topological polar surface area (TPSA) is 12.0 Å². The third-order valence-corrected chi connectivity index (χ3v) is 4.89. The van der Waals surface area contributed by atoms with Crippen molar-refractivity contribution in [1.29, 1.82) is 0 Å². The molecule has 0 radical (unpaired) electrons. The van der Waals surface area contributed by atoms with Crippen LogP contribution in [-0.4, -0.2) is 6.54 Å². The number of hydrogen-bond donors (Lipinski definition) is 1. The van der Waals surface area contributed by atoms with Crippen LogP contribution in [-0.2, 0) is 6.42 Å². The first-order valence-electron chi connectivity index (χ1n) is 6.63. The Labute approximate surface area is 152 Å². The van der Waals surface area contributed by atoms with Gasteiger partial charge in [0.1, 0.15) is 0 Å². The average Bonchev–Trinajstić information content (AvgIpc) is 2.41. The largest absolute Gasteiger partial charge is 0.310 e.